The van der Waals surface area contributed by atoms with Crippen molar-refractivity contribution in [1.29, 1.82) is 0 Å². The summed E-state index contributed by atoms with van der Waals surface area (Å²) in [7, 11) is 0. The second-order valence-electron chi connectivity index (χ2n) is 8.10. The lowest BCUT2D eigenvalue weighted by Gasteiger charge is -2.37. The maximum absolute atomic E-state index is 13.7. The first kappa shape index (κ1) is 21.9. The van der Waals surface area contributed by atoms with Crippen molar-refractivity contribution >= 4 is 45.6 Å². The number of carbonyl (C=O) groups is 1. The van der Waals surface area contributed by atoms with Crippen LogP contribution in [0.2, 0.25) is 10.0 Å². The first-order valence-electron chi connectivity index (χ1n) is 10.4. The van der Waals surface area contributed by atoms with E-state index < -0.39 is 5.41 Å². The van der Waals surface area contributed by atoms with E-state index in [9.17, 15) is 4.79 Å². The molecule has 31 heavy (non-hydrogen) atoms. The number of benzene rings is 3. The van der Waals surface area contributed by atoms with Crippen LogP contribution >= 0.6 is 23.2 Å². The van der Waals surface area contributed by atoms with Crippen molar-refractivity contribution in [1.82, 2.24) is 0 Å². The highest BCUT2D eigenvalue weighted by atomic mass is 35.5. The zero-order chi connectivity index (χ0) is 22.0. The number of nitrogens with one attached hydrogen (secondary N) is 1. The predicted molar refractivity (Wildman–Crippen MR) is 127 cm³/mol. The molecule has 1 N–H and O–H groups in total. The first-order valence-corrected chi connectivity index (χ1v) is 11.2. The Balaban J connectivity index is 1.74. The van der Waals surface area contributed by atoms with E-state index in [1.54, 1.807) is 12.1 Å². The summed E-state index contributed by atoms with van der Waals surface area (Å²) in [6, 6.07) is 17.0. The maximum atomic E-state index is 13.7. The molecule has 0 spiro atoms. The fourth-order valence-corrected chi connectivity index (χ4v) is 4.78. The highest BCUT2D eigenvalue weighted by molar-refractivity contribution is 6.35. The van der Waals surface area contributed by atoms with Gasteiger partial charge in [-0.1, -0.05) is 53.5 Å². The van der Waals surface area contributed by atoms with Crippen molar-refractivity contribution in [2.24, 2.45) is 0 Å². The minimum absolute atomic E-state index is 0.0569. The van der Waals surface area contributed by atoms with Gasteiger partial charge in [0.15, 0.2) is 0 Å². The summed E-state index contributed by atoms with van der Waals surface area (Å²) in [5.41, 5.74) is 0.741. The van der Waals surface area contributed by atoms with Crippen molar-refractivity contribution in [3.8, 4) is 5.75 Å². The Morgan fingerprint density at radius 1 is 1.03 bits per heavy atom. The molecule has 0 radical (unpaired) electrons. The molecule has 0 unspecified atom stereocenters. The molecule has 0 bridgehead atoms. The molecule has 0 aromatic heterocycles. The molecule has 0 aliphatic carbocycles. The number of anilines is 1. The van der Waals surface area contributed by atoms with Gasteiger partial charge in [-0.15, -0.1) is 0 Å². The van der Waals surface area contributed by atoms with E-state index in [1.165, 1.54) is 0 Å². The monoisotopic (exact) mass is 457 g/mol. The van der Waals surface area contributed by atoms with Gasteiger partial charge in [0.1, 0.15) is 5.75 Å². The van der Waals surface area contributed by atoms with Crippen LogP contribution in [0, 0.1) is 0 Å². The third-order valence-electron chi connectivity index (χ3n) is 5.72. The first-order chi connectivity index (χ1) is 14.9. The van der Waals surface area contributed by atoms with Gasteiger partial charge in [-0.25, -0.2) is 0 Å². The van der Waals surface area contributed by atoms with Crippen LogP contribution in [0.25, 0.3) is 10.8 Å². The van der Waals surface area contributed by atoms with Gasteiger partial charge in [0.2, 0.25) is 5.91 Å². The number of amides is 1. The van der Waals surface area contributed by atoms with Gasteiger partial charge in [-0.2, -0.15) is 0 Å². The van der Waals surface area contributed by atoms with Crippen molar-refractivity contribution in [3.05, 3.63) is 70.2 Å². The highest BCUT2D eigenvalue weighted by Gasteiger charge is 2.43. The van der Waals surface area contributed by atoms with Crippen LogP contribution in [-0.4, -0.2) is 25.2 Å². The van der Waals surface area contributed by atoms with E-state index in [2.05, 4.69) is 5.32 Å². The number of carbonyl (C=O) groups excluding carboxylic acids is 1. The smallest absolute Gasteiger partial charge is 0.235 e. The van der Waals surface area contributed by atoms with Crippen LogP contribution < -0.4 is 10.1 Å². The van der Waals surface area contributed by atoms with Crippen molar-refractivity contribution in [3.63, 3.8) is 0 Å². The molecule has 4 nitrogen and oxygen atoms in total. The average molecular weight is 458 g/mol. The molecule has 1 amide bonds. The number of ether oxygens (including phenoxy) is 2. The molecule has 1 saturated heterocycles. The second kappa shape index (κ2) is 9.07. The van der Waals surface area contributed by atoms with Crippen molar-refractivity contribution in [2.45, 2.75) is 38.2 Å². The van der Waals surface area contributed by atoms with Crippen LogP contribution in [0.1, 0.15) is 32.3 Å². The molecule has 1 aliphatic heterocycles. The minimum atomic E-state index is -0.784. The van der Waals surface area contributed by atoms with E-state index in [4.69, 9.17) is 32.7 Å². The van der Waals surface area contributed by atoms with Crippen LogP contribution in [0.4, 0.5) is 5.69 Å². The van der Waals surface area contributed by atoms with Gasteiger partial charge < -0.3 is 14.8 Å². The Kier molecular flexibility index (Phi) is 6.42. The Labute approximate surface area is 192 Å². The van der Waals surface area contributed by atoms with Crippen LogP contribution in [-0.2, 0) is 14.9 Å². The largest absolute Gasteiger partial charge is 0.490 e. The van der Waals surface area contributed by atoms with E-state index in [0.717, 1.165) is 27.8 Å². The van der Waals surface area contributed by atoms with Gasteiger partial charge >= 0.3 is 0 Å². The van der Waals surface area contributed by atoms with Gasteiger partial charge in [0.25, 0.3) is 0 Å². The number of hydrogen-bond acceptors (Lipinski definition) is 3. The third kappa shape index (κ3) is 4.38. The molecular weight excluding hydrogens is 433 g/mol. The van der Waals surface area contributed by atoms with E-state index in [0.29, 0.717) is 36.1 Å². The summed E-state index contributed by atoms with van der Waals surface area (Å²) in [6.45, 7) is 4.98. The summed E-state index contributed by atoms with van der Waals surface area (Å²) in [5.74, 6) is 0.702. The van der Waals surface area contributed by atoms with Gasteiger partial charge in [0.05, 0.1) is 11.5 Å². The lowest BCUT2D eigenvalue weighted by Crippen LogP contribution is -2.45. The zero-order valence-corrected chi connectivity index (χ0v) is 19.1. The zero-order valence-electron chi connectivity index (χ0n) is 17.6. The number of halogens is 2. The molecule has 4 rings (SSSR count). The standard InChI is InChI=1S/C25H25Cl2NO3/c1-16(2)31-23-10-9-22(18-5-3-4-6-19(18)23)28-24(29)25(11-13-30-14-12-25)20-8-7-17(26)15-21(20)27/h3-10,15-16H,11-14H2,1-2H3,(H,28,29). The molecule has 6 heteroatoms. The summed E-state index contributed by atoms with van der Waals surface area (Å²) in [5, 5.41) is 6.10. The lowest BCUT2D eigenvalue weighted by molar-refractivity contribution is -0.125. The second-order valence-corrected chi connectivity index (χ2v) is 8.94. The summed E-state index contributed by atoms with van der Waals surface area (Å²) < 4.78 is 11.5. The normalized spacial score (nSPS) is 15.8. The fourth-order valence-electron chi connectivity index (χ4n) is 4.20. The van der Waals surface area contributed by atoms with Crippen LogP contribution in [0.5, 0.6) is 5.75 Å². The quantitative estimate of drug-likeness (QED) is 0.468. The number of rotatable bonds is 5. The predicted octanol–water partition coefficient (Wildman–Crippen LogP) is 6.62. The number of fused-ring (bicyclic) bond motifs is 1. The van der Waals surface area contributed by atoms with Crippen molar-refractivity contribution < 1.29 is 14.3 Å². The molecule has 1 heterocycles. The molecule has 162 valence electrons. The Morgan fingerprint density at radius 2 is 1.74 bits per heavy atom. The molecule has 0 atom stereocenters. The topological polar surface area (TPSA) is 47.6 Å². The third-order valence-corrected chi connectivity index (χ3v) is 6.27. The molecule has 3 aromatic carbocycles. The highest BCUT2D eigenvalue weighted by Crippen LogP contribution is 2.41. The molecule has 1 aliphatic rings. The Morgan fingerprint density at radius 3 is 2.42 bits per heavy atom. The van der Waals surface area contributed by atoms with Crippen molar-refractivity contribution in [2.75, 3.05) is 18.5 Å². The summed E-state index contributed by atoms with van der Waals surface area (Å²) in [6.07, 6.45) is 1.15. The van der Waals surface area contributed by atoms with E-state index in [1.807, 2.05) is 56.3 Å². The molecule has 1 fully saturated rings. The van der Waals surface area contributed by atoms with Crippen LogP contribution in [0.3, 0.4) is 0 Å². The maximum Gasteiger partial charge on any atom is 0.235 e. The lowest BCUT2D eigenvalue weighted by atomic mass is 9.73. The molecule has 0 saturated carbocycles. The Bertz CT molecular complexity index is 1110. The SMILES string of the molecule is CC(C)Oc1ccc(NC(=O)C2(c3ccc(Cl)cc3Cl)CCOCC2)c2ccccc12. The van der Waals surface area contributed by atoms with E-state index >= 15 is 0 Å². The molecule has 3 aromatic rings. The van der Waals surface area contributed by atoms with Gasteiger partial charge in [-0.3, -0.25) is 4.79 Å². The molecular formula is C25H25Cl2NO3. The minimum Gasteiger partial charge on any atom is -0.490 e. The summed E-state index contributed by atoms with van der Waals surface area (Å²) in [4.78, 5) is 13.7. The van der Waals surface area contributed by atoms with E-state index in [-0.39, 0.29) is 12.0 Å². The van der Waals surface area contributed by atoms with Gasteiger partial charge in [0, 0.05) is 39.7 Å². The summed E-state index contributed by atoms with van der Waals surface area (Å²) >= 11 is 12.6. The fraction of sp³-hybridized carbons (Fsp3) is 0.320. The Hall–Kier alpha value is -2.27. The van der Waals surface area contributed by atoms with Crippen LogP contribution in [0.15, 0.2) is 54.6 Å². The van der Waals surface area contributed by atoms with Gasteiger partial charge in [-0.05, 0) is 56.5 Å². The number of hydrogen-bond donors (Lipinski definition) is 1. The average Bonchev–Trinajstić information content (AvgIpc) is 2.75.